The summed E-state index contributed by atoms with van der Waals surface area (Å²) in [5.74, 6) is 0. The Morgan fingerprint density at radius 1 is 1.00 bits per heavy atom. The van der Waals surface area contributed by atoms with Gasteiger partial charge in [0.25, 0.3) is 0 Å². The minimum absolute atomic E-state index is 0.167. The van der Waals surface area contributed by atoms with Gasteiger partial charge in [0.1, 0.15) is 0 Å². The number of hydrogen-bond acceptors (Lipinski definition) is 0. The van der Waals surface area contributed by atoms with Crippen LogP contribution in [0.4, 0.5) is 0 Å². The summed E-state index contributed by atoms with van der Waals surface area (Å²) >= 11 is 0. The van der Waals surface area contributed by atoms with Crippen LogP contribution >= 0.6 is 0 Å². The Hall–Kier alpha value is -0.563. The molecule has 1 saturated carbocycles. The van der Waals surface area contributed by atoms with Crippen molar-refractivity contribution in [3.05, 3.63) is 35.9 Å². The van der Waals surface area contributed by atoms with Crippen LogP contribution in [0.25, 0.3) is 0 Å². The quantitative estimate of drug-likeness (QED) is 0.664. The summed E-state index contributed by atoms with van der Waals surface area (Å²) in [4.78, 5) is 0. The molecule has 0 heterocycles. The maximum absolute atomic E-state index is 2.29. The van der Waals surface area contributed by atoms with Crippen molar-refractivity contribution in [2.45, 2.75) is 43.7 Å². The fourth-order valence-corrected chi connectivity index (χ4v) is 4.72. The minimum Gasteiger partial charge on any atom is -0.0622 e. The molecule has 0 nitrogen and oxygen atoms in total. The summed E-state index contributed by atoms with van der Waals surface area (Å²) in [6.07, 6.45) is 7.59. The molecule has 0 atom stereocenters. The van der Waals surface area contributed by atoms with E-state index in [4.69, 9.17) is 0 Å². The first-order valence-corrected chi connectivity index (χ1v) is 7.81. The van der Waals surface area contributed by atoms with Crippen LogP contribution in [0.3, 0.4) is 0 Å². The molecule has 0 bridgehead atoms. The largest absolute Gasteiger partial charge is 0.0622 e. The Balaban J connectivity index is 1.76. The zero-order chi connectivity index (χ0) is 9.64. The van der Waals surface area contributed by atoms with Crippen LogP contribution in [-0.4, -0.2) is 9.52 Å². The average molecular weight is 204 g/mol. The van der Waals surface area contributed by atoms with Crippen molar-refractivity contribution in [3.8, 4) is 0 Å². The molecule has 1 aromatic carbocycles. The van der Waals surface area contributed by atoms with Gasteiger partial charge < -0.3 is 0 Å². The van der Waals surface area contributed by atoms with E-state index in [1.165, 1.54) is 25.3 Å². The highest BCUT2D eigenvalue weighted by Gasteiger charge is 2.13. The maximum Gasteiger partial charge on any atom is 0.0280 e. The SMILES string of the molecule is c1ccc(C[SiH2]C2CCCCC2)cc1. The van der Waals surface area contributed by atoms with Gasteiger partial charge in [0.15, 0.2) is 0 Å². The minimum atomic E-state index is 0.167. The molecule has 0 aliphatic heterocycles. The Bertz CT molecular complexity index is 249. The van der Waals surface area contributed by atoms with Gasteiger partial charge in [-0.2, -0.15) is 0 Å². The van der Waals surface area contributed by atoms with Gasteiger partial charge in [-0.05, 0) is 6.04 Å². The lowest BCUT2D eigenvalue weighted by Crippen LogP contribution is -2.10. The van der Waals surface area contributed by atoms with E-state index in [9.17, 15) is 0 Å². The molecule has 0 N–H and O–H groups in total. The van der Waals surface area contributed by atoms with Gasteiger partial charge in [-0.3, -0.25) is 0 Å². The van der Waals surface area contributed by atoms with Gasteiger partial charge in [-0.1, -0.05) is 73.5 Å². The highest BCUT2D eigenvalue weighted by Crippen LogP contribution is 2.28. The molecule has 0 amide bonds. The third-order valence-electron chi connectivity index (χ3n) is 3.41. The van der Waals surface area contributed by atoms with Gasteiger partial charge in [0.2, 0.25) is 0 Å². The topological polar surface area (TPSA) is 0 Å². The van der Waals surface area contributed by atoms with Gasteiger partial charge in [0, 0.05) is 9.52 Å². The first kappa shape index (κ1) is 9.97. The van der Waals surface area contributed by atoms with Crippen molar-refractivity contribution in [3.63, 3.8) is 0 Å². The second-order valence-electron chi connectivity index (χ2n) is 4.53. The van der Waals surface area contributed by atoms with E-state index < -0.39 is 0 Å². The van der Waals surface area contributed by atoms with E-state index in [0.29, 0.717) is 0 Å². The molecule has 1 aromatic rings. The highest BCUT2D eigenvalue weighted by molar-refractivity contribution is 6.37. The first-order chi connectivity index (χ1) is 6.95. The number of rotatable bonds is 3. The number of hydrogen-bond donors (Lipinski definition) is 0. The standard InChI is InChI=1S/C13H20Si/c1-3-7-12(8-4-1)11-14-13-9-5-2-6-10-13/h1,3-4,7-8,13H,2,5-6,9-11,14H2. The molecule has 1 fully saturated rings. The van der Waals surface area contributed by atoms with Gasteiger partial charge in [-0.15, -0.1) is 0 Å². The number of benzene rings is 1. The summed E-state index contributed by atoms with van der Waals surface area (Å²) < 4.78 is 0. The molecular weight excluding hydrogens is 184 g/mol. The molecule has 76 valence electrons. The molecule has 1 aliphatic carbocycles. The van der Waals surface area contributed by atoms with Crippen molar-refractivity contribution >= 4 is 9.52 Å². The summed E-state index contributed by atoms with van der Waals surface area (Å²) in [6, 6.07) is 12.5. The maximum atomic E-state index is 2.29. The Kier molecular flexibility index (Phi) is 3.81. The highest BCUT2D eigenvalue weighted by atomic mass is 28.2. The normalized spacial score (nSPS) is 19.1. The Morgan fingerprint density at radius 2 is 1.71 bits per heavy atom. The zero-order valence-corrected chi connectivity index (χ0v) is 10.3. The van der Waals surface area contributed by atoms with Crippen LogP contribution in [0, 0.1) is 0 Å². The van der Waals surface area contributed by atoms with Gasteiger partial charge in [0.05, 0.1) is 0 Å². The van der Waals surface area contributed by atoms with Crippen LogP contribution < -0.4 is 0 Å². The molecule has 0 unspecified atom stereocenters. The van der Waals surface area contributed by atoms with Gasteiger partial charge >= 0.3 is 0 Å². The first-order valence-electron chi connectivity index (χ1n) is 5.99. The van der Waals surface area contributed by atoms with E-state index in [2.05, 4.69) is 30.3 Å². The molecule has 14 heavy (non-hydrogen) atoms. The third-order valence-corrected chi connectivity index (χ3v) is 5.91. The third kappa shape index (κ3) is 2.98. The molecule has 0 saturated heterocycles. The van der Waals surface area contributed by atoms with E-state index in [1.54, 1.807) is 18.4 Å². The van der Waals surface area contributed by atoms with Crippen LogP contribution in [0.1, 0.15) is 37.7 Å². The summed E-state index contributed by atoms with van der Waals surface area (Å²) in [5, 5.41) is 0. The molecule has 1 heteroatoms. The van der Waals surface area contributed by atoms with Crippen LogP contribution in [0.5, 0.6) is 0 Å². The van der Waals surface area contributed by atoms with Crippen molar-refractivity contribution < 1.29 is 0 Å². The van der Waals surface area contributed by atoms with Gasteiger partial charge in [-0.25, -0.2) is 0 Å². The summed E-state index contributed by atoms with van der Waals surface area (Å²) in [7, 11) is 0.167. The second kappa shape index (κ2) is 5.35. The lowest BCUT2D eigenvalue weighted by atomic mass is 10.0. The fourth-order valence-electron chi connectivity index (χ4n) is 2.49. The smallest absolute Gasteiger partial charge is 0.0280 e. The molecule has 2 rings (SSSR count). The summed E-state index contributed by atoms with van der Waals surface area (Å²) in [6.45, 7) is 0. The van der Waals surface area contributed by atoms with Crippen molar-refractivity contribution in [1.82, 2.24) is 0 Å². The monoisotopic (exact) mass is 204 g/mol. The van der Waals surface area contributed by atoms with E-state index >= 15 is 0 Å². The summed E-state index contributed by atoms with van der Waals surface area (Å²) in [5.41, 5.74) is 2.73. The molecule has 1 aliphatic rings. The van der Waals surface area contributed by atoms with E-state index in [1.807, 2.05) is 0 Å². The molecular formula is C13H20Si. The lowest BCUT2D eigenvalue weighted by molar-refractivity contribution is 0.500. The predicted molar refractivity (Wildman–Crippen MR) is 65.5 cm³/mol. The van der Waals surface area contributed by atoms with Crippen LogP contribution in [0.15, 0.2) is 30.3 Å². The predicted octanol–water partition coefficient (Wildman–Crippen LogP) is 3.11. The molecule has 0 aromatic heterocycles. The zero-order valence-electron chi connectivity index (χ0n) is 8.91. The Morgan fingerprint density at radius 3 is 2.43 bits per heavy atom. The molecule has 0 spiro atoms. The van der Waals surface area contributed by atoms with E-state index in [0.717, 1.165) is 5.54 Å². The second-order valence-corrected chi connectivity index (χ2v) is 6.76. The lowest BCUT2D eigenvalue weighted by Gasteiger charge is -2.20. The van der Waals surface area contributed by atoms with Crippen LogP contribution in [-0.2, 0) is 6.04 Å². The van der Waals surface area contributed by atoms with Crippen LogP contribution in [0.2, 0.25) is 5.54 Å². The van der Waals surface area contributed by atoms with E-state index in [-0.39, 0.29) is 9.52 Å². The van der Waals surface area contributed by atoms with Crippen molar-refractivity contribution in [1.29, 1.82) is 0 Å². The Labute approximate surface area is 89.6 Å². The van der Waals surface area contributed by atoms with Crippen molar-refractivity contribution in [2.75, 3.05) is 0 Å². The average Bonchev–Trinajstić information content (AvgIpc) is 2.29. The fraction of sp³-hybridized carbons (Fsp3) is 0.538. The van der Waals surface area contributed by atoms with Crippen molar-refractivity contribution in [2.24, 2.45) is 0 Å². The molecule has 0 radical (unpaired) electrons.